The smallest absolute Gasteiger partial charge is 0.486 e. The first-order chi connectivity index (χ1) is 22.2. The second-order valence-electron chi connectivity index (χ2n) is 12.4. The van der Waals surface area contributed by atoms with Gasteiger partial charge in [-0.15, -0.1) is 13.2 Å². The summed E-state index contributed by atoms with van der Waals surface area (Å²) < 4.78 is 61.9. The number of alkyl carbamates (subject to hydrolysis) is 1. The second kappa shape index (κ2) is 15.1. The number of methoxy groups -OCH3 is 1. The number of aromatic nitrogens is 1. The average molecular weight is 662 g/mol. The van der Waals surface area contributed by atoms with Crippen molar-refractivity contribution in [2.45, 2.75) is 77.9 Å². The van der Waals surface area contributed by atoms with Crippen LogP contribution in [0.15, 0.2) is 42.6 Å². The van der Waals surface area contributed by atoms with Crippen LogP contribution in [-0.2, 0) is 27.4 Å². The molecule has 0 aliphatic carbocycles. The predicted octanol–water partition coefficient (Wildman–Crippen LogP) is 6.59. The molecular weight excluding hydrogens is 619 g/mol. The first-order valence-corrected chi connectivity index (χ1v) is 15.6. The molecule has 1 saturated heterocycles. The lowest BCUT2D eigenvalue weighted by atomic mass is 9.87. The van der Waals surface area contributed by atoms with Crippen molar-refractivity contribution < 1.29 is 46.5 Å². The molecule has 13 heteroatoms. The molecule has 0 atom stereocenters. The van der Waals surface area contributed by atoms with Gasteiger partial charge in [0.15, 0.2) is 11.5 Å². The van der Waals surface area contributed by atoms with Gasteiger partial charge in [0, 0.05) is 51.3 Å². The second-order valence-corrected chi connectivity index (χ2v) is 12.4. The van der Waals surface area contributed by atoms with Gasteiger partial charge in [-0.05, 0) is 62.8 Å². The van der Waals surface area contributed by atoms with Crippen LogP contribution in [0.4, 0.5) is 18.0 Å². The maximum Gasteiger partial charge on any atom is 0.573 e. The monoisotopic (exact) mass is 661 g/mol. The SMILES string of the molecule is CCC(=O)COc1ccc(CNC(=O)OC(C)(C)C)cc1C1CCN(C(=O)c2cn(CCOC)c3c(OC(F)(F)F)cccc23)CC1. The van der Waals surface area contributed by atoms with Crippen molar-refractivity contribution in [3.8, 4) is 11.5 Å². The summed E-state index contributed by atoms with van der Waals surface area (Å²) in [5.41, 5.74) is 1.50. The van der Waals surface area contributed by atoms with Crippen molar-refractivity contribution in [3.63, 3.8) is 0 Å². The Bertz CT molecular complexity index is 1570. The molecule has 1 aliphatic rings. The molecule has 1 fully saturated rings. The quantitative estimate of drug-likeness (QED) is 0.233. The van der Waals surface area contributed by atoms with E-state index in [2.05, 4.69) is 10.1 Å². The summed E-state index contributed by atoms with van der Waals surface area (Å²) in [4.78, 5) is 39.8. The molecule has 0 saturated carbocycles. The number of ether oxygens (including phenoxy) is 4. The van der Waals surface area contributed by atoms with Gasteiger partial charge in [0.25, 0.3) is 5.91 Å². The third-order valence-corrected chi connectivity index (χ3v) is 7.77. The van der Waals surface area contributed by atoms with Crippen LogP contribution in [0, 0.1) is 0 Å². The van der Waals surface area contributed by atoms with Gasteiger partial charge in [-0.2, -0.15) is 0 Å². The van der Waals surface area contributed by atoms with Crippen LogP contribution < -0.4 is 14.8 Å². The summed E-state index contributed by atoms with van der Waals surface area (Å²) in [5, 5.41) is 3.12. The van der Waals surface area contributed by atoms with Gasteiger partial charge in [-0.25, -0.2) is 4.79 Å². The number of halogens is 3. The van der Waals surface area contributed by atoms with E-state index in [4.69, 9.17) is 14.2 Å². The predicted molar refractivity (Wildman–Crippen MR) is 169 cm³/mol. The Kier molecular flexibility index (Phi) is 11.4. The molecule has 3 aromatic rings. The minimum absolute atomic E-state index is 0.0120. The number of hydrogen-bond acceptors (Lipinski definition) is 7. The Balaban J connectivity index is 1.54. The number of ketones is 1. The molecule has 1 aromatic heterocycles. The topological polar surface area (TPSA) is 108 Å². The Hall–Kier alpha value is -4.26. The number of Topliss-reactive ketones (excluding diaryl/α,β-unsaturated/α-hetero) is 1. The van der Waals surface area contributed by atoms with E-state index in [1.807, 2.05) is 12.1 Å². The highest BCUT2D eigenvalue weighted by molar-refractivity contribution is 6.08. The Labute approximate surface area is 272 Å². The van der Waals surface area contributed by atoms with Crippen LogP contribution in [0.3, 0.4) is 0 Å². The van der Waals surface area contributed by atoms with Crippen LogP contribution in [-0.4, -0.2) is 72.6 Å². The summed E-state index contributed by atoms with van der Waals surface area (Å²) in [6, 6.07) is 9.82. The number of nitrogens with zero attached hydrogens (tertiary/aromatic N) is 2. The third kappa shape index (κ3) is 9.63. The molecule has 0 radical (unpaired) electrons. The van der Waals surface area contributed by atoms with E-state index < -0.39 is 18.1 Å². The Morgan fingerprint density at radius 1 is 1.02 bits per heavy atom. The molecular formula is C34H42F3N3O7. The Morgan fingerprint density at radius 3 is 2.38 bits per heavy atom. The van der Waals surface area contributed by atoms with Gasteiger partial charge in [0.1, 0.15) is 18.0 Å². The van der Waals surface area contributed by atoms with Crippen LogP contribution in [0.1, 0.15) is 74.4 Å². The first-order valence-electron chi connectivity index (χ1n) is 15.6. The maximum atomic E-state index is 13.8. The Morgan fingerprint density at radius 2 is 1.74 bits per heavy atom. The van der Waals surface area contributed by atoms with E-state index in [1.165, 1.54) is 19.2 Å². The molecule has 2 heterocycles. The molecule has 47 heavy (non-hydrogen) atoms. The maximum absolute atomic E-state index is 13.8. The number of rotatable bonds is 12. The van der Waals surface area contributed by atoms with Gasteiger partial charge in [-0.3, -0.25) is 9.59 Å². The molecule has 256 valence electrons. The zero-order chi connectivity index (χ0) is 34.4. The van der Waals surface area contributed by atoms with Crippen LogP contribution in [0.25, 0.3) is 10.9 Å². The minimum atomic E-state index is -4.90. The molecule has 4 rings (SSSR count). The van der Waals surface area contributed by atoms with Crippen LogP contribution in [0.2, 0.25) is 0 Å². The lowest BCUT2D eigenvalue weighted by molar-refractivity contribution is -0.274. The normalized spacial score (nSPS) is 14.3. The summed E-state index contributed by atoms with van der Waals surface area (Å²) >= 11 is 0. The number of amides is 2. The van der Waals surface area contributed by atoms with Crippen molar-refractivity contribution in [3.05, 3.63) is 59.3 Å². The van der Waals surface area contributed by atoms with Crippen LogP contribution in [0.5, 0.6) is 11.5 Å². The largest absolute Gasteiger partial charge is 0.573 e. The van der Waals surface area contributed by atoms with Gasteiger partial charge in [0.05, 0.1) is 17.7 Å². The minimum Gasteiger partial charge on any atom is -0.486 e. The summed E-state index contributed by atoms with van der Waals surface area (Å²) in [6.45, 7) is 8.50. The molecule has 1 aliphatic heterocycles. The van der Waals surface area contributed by atoms with Gasteiger partial charge < -0.3 is 33.7 Å². The first kappa shape index (κ1) is 35.6. The van der Waals surface area contributed by atoms with E-state index in [0.29, 0.717) is 43.5 Å². The fourth-order valence-electron chi connectivity index (χ4n) is 5.54. The number of carbonyl (C=O) groups is 3. The number of carbonyl (C=O) groups excluding carboxylic acids is 3. The molecule has 2 aromatic carbocycles. The zero-order valence-corrected chi connectivity index (χ0v) is 27.4. The molecule has 10 nitrogen and oxygen atoms in total. The molecule has 1 N–H and O–H groups in total. The fraction of sp³-hybridized carbons (Fsp3) is 0.500. The van der Waals surface area contributed by atoms with Gasteiger partial charge in [0.2, 0.25) is 0 Å². The van der Waals surface area contributed by atoms with E-state index in [-0.39, 0.29) is 60.7 Å². The van der Waals surface area contributed by atoms with Crippen molar-refractivity contribution in [2.24, 2.45) is 0 Å². The van der Waals surface area contributed by atoms with E-state index in [0.717, 1.165) is 11.1 Å². The van der Waals surface area contributed by atoms with Crippen molar-refractivity contribution in [1.29, 1.82) is 0 Å². The third-order valence-electron chi connectivity index (χ3n) is 7.77. The number of para-hydroxylation sites is 1. The number of fused-ring (bicyclic) bond motifs is 1. The summed E-state index contributed by atoms with van der Waals surface area (Å²) in [7, 11) is 1.49. The molecule has 0 bridgehead atoms. The lowest BCUT2D eigenvalue weighted by Gasteiger charge is -2.33. The molecule has 2 amide bonds. The summed E-state index contributed by atoms with van der Waals surface area (Å²) in [5.74, 6) is -0.174. The van der Waals surface area contributed by atoms with E-state index in [9.17, 15) is 27.6 Å². The average Bonchev–Trinajstić information content (AvgIpc) is 3.39. The van der Waals surface area contributed by atoms with E-state index in [1.54, 1.807) is 55.5 Å². The highest BCUT2D eigenvalue weighted by Crippen LogP contribution is 2.38. The number of piperidine rings is 1. The van der Waals surface area contributed by atoms with Crippen molar-refractivity contribution in [2.75, 3.05) is 33.4 Å². The standard InChI is InChI=1S/C34H42F3N3O7/c1-6-24(41)21-45-28-11-10-22(19-38-32(43)47-33(2,3)4)18-26(28)23-12-14-39(15-13-23)31(42)27-20-40(16-17-44-5)30-25(27)8-7-9-29(30)46-34(35,36)37/h7-11,18,20,23H,6,12-17,19,21H2,1-5H3,(H,38,43). The summed E-state index contributed by atoms with van der Waals surface area (Å²) in [6.07, 6.45) is -2.37. The molecule has 0 spiro atoms. The number of nitrogens with one attached hydrogen (secondary N) is 1. The highest BCUT2D eigenvalue weighted by Gasteiger charge is 2.34. The number of likely N-dealkylation sites (tertiary alicyclic amines) is 1. The van der Waals surface area contributed by atoms with Crippen molar-refractivity contribution >= 4 is 28.7 Å². The fourth-order valence-corrected chi connectivity index (χ4v) is 5.54. The number of benzene rings is 2. The van der Waals surface area contributed by atoms with Gasteiger partial charge >= 0.3 is 12.5 Å². The van der Waals surface area contributed by atoms with Gasteiger partial charge in [-0.1, -0.05) is 31.2 Å². The molecule has 0 unspecified atom stereocenters. The zero-order valence-electron chi connectivity index (χ0n) is 27.4. The van der Waals surface area contributed by atoms with Crippen molar-refractivity contribution in [1.82, 2.24) is 14.8 Å². The number of alkyl halides is 3. The lowest BCUT2D eigenvalue weighted by Crippen LogP contribution is -2.38. The highest BCUT2D eigenvalue weighted by atomic mass is 19.4. The van der Waals surface area contributed by atoms with Crippen LogP contribution >= 0.6 is 0 Å². The van der Waals surface area contributed by atoms with E-state index >= 15 is 0 Å². The number of hydrogen-bond donors (Lipinski definition) is 1.